The van der Waals surface area contributed by atoms with Crippen molar-refractivity contribution in [3.05, 3.63) is 60.3 Å². The first kappa shape index (κ1) is 17.3. The molecule has 2 amide bonds. The molecule has 4 rings (SSSR count). The zero-order valence-electron chi connectivity index (χ0n) is 15.3. The molecule has 1 fully saturated rings. The van der Waals surface area contributed by atoms with E-state index in [1.165, 1.54) is 6.07 Å². The number of carbonyl (C=O) groups is 2. The smallest absolute Gasteiger partial charge is 0.242 e. The van der Waals surface area contributed by atoms with Crippen molar-refractivity contribution in [2.45, 2.75) is 38.6 Å². The van der Waals surface area contributed by atoms with E-state index in [1.54, 1.807) is 18.2 Å². The summed E-state index contributed by atoms with van der Waals surface area (Å²) in [5, 5.41) is 11.1. The quantitative estimate of drug-likeness (QED) is 0.692. The summed E-state index contributed by atoms with van der Waals surface area (Å²) in [6, 6.07) is 14.5. The van der Waals surface area contributed by atoms with Gasteiger partial charge in [-0.25, -0.2) is 4.90 Å². The first-order valence-electron chi connectivity index (χ1n) is 9.34. The fourth-order valence-electron chi connectivity index (χ4n) is 3.85. The fourth-order valence-corrected chi connectivity index (χ4v) is 3.85. The number of unbranched alkanes of at least 4 members (excludes halogenated alkanes) is 1. The van der Waals surface area contributed by atoms with Gasteiger partial charge in [0.05, 0.1) is 11.6 Å². The lowest BCUT2D eigenvalue weighted by Crippen LogP contribution is -2.30. The Kier molecular flexibility index (Phi) is 4.44. The average molecular weight is 362 g/mol. The van der Waals surface area contributed by atoms with Crippen molar-refractivity contribution in [2.75, 3.05) is 4.90 Å². The van der Waals surface area contributed by atoms with E-state index in [4.69, 9.17) is 0 Å². The molecule has 0 aliphatic carbocycles. The van der Waals surface area contributed by atoms with Crippen LogP contribution in [0.3, 0.4) is 0 Å². The van der Waals surface area contributed by atoms with E-state index in [-0.39, 0.29) is 29.7 Å². The Morgan fingerprint density at radius 1 is 1.07 bits per heavy atom. The number of hydrogen-bond donors (Lipinski definition) is 1. The van der Waals surface area contributed by atoms with Gasteiger partial charge in [-0.05, 0) is 30.2 Å². The molecule has 0 unspecified atom stereocenters. The maximum Gasteiger partial charge on any atom is 0.242 e. The average Bonchev–Trinajstić information content (AvgIpc) is 3.18. The predicted octanol–water partition coefficient (Wildman–Crippen LogP) is 4.19. The van der Waals surface area contributed by atoms with Crippen LogP contribution in [0.25, 0.3) is 10.9 Å². The first-order valence-corrected chi connectivity index (χ1v) is 9.34. The molecule has 3 aromatic rings. The first-order chi connectivity index (χ1) is 13.1. The lowest BCUT2D eigenvalue weighted by Gasteiger charge is -2.16. The van der Waals surface area contributed by atoms with E-state index in [0.29, 0.717) is 0 Å². The van der Waals surface area contributed by atoms with E-state index in [9.17, 15) is 14.7 Å². The molecule has 27 heavy (non-hydrogen) atoms. The van der Waals surface area contributed by atoms with Crippen LogP contribution >= 0.6 is 0 Å². The van der Waals surface area contributed by atoms with Gasteiger partial charge < -0.3 is 9.67 Å². The van der Waals surface area contributed by atoms with Crippen molar-refractivity contribution in [3.8, 4) is 5.75 Å². The van der Waals surface area contributed by atoms with Crippen molar-refractivity contribution < 1.29 is 14.7 Å². The minimum Gasteiger partial charge on any atom is -0.506 e. The number of phenolic OH excluding ortho intramolecular Hbond substituents is 1. The molecule has 2 heterocycles. The Labute approximate surface area is 157 Å². The summed E-state index contributed by atoms with van der Waals surface area (Å²) in [4.78, 5) is 26.9. The summed E-state index contributed by atoms with van der Waals surface area (Å²) in [6.45, 7) is 3.03. The highest BCUT2D eigenvalue weighted by molar-refractivity contribution is 6.24. The zero-order valence-corrected chi connectivity index (χ0v) is 15.3. The van der Waals surface area contributed by atoms with Crippen LogP contribution < -0.4 is 4.90 Å². The number of aromatic hydroxyl groups is 1. The molecule has 5 heteroatoms. The molecule has 1 aliphatic heterocycles. The van der Waals surface area contributed by atoms with E-state index >= 15 is 0 Å². The molecular weight excluding hydrogens is 340 g/mol. The molecule has 1 atom stereocenters. The number of carbonyl (C=O) groups excluding carboxylic acids is 2. The van der Waals surface area contributed by atoms with Crippen LogP contribution in [0, 0.1) is 0 Å². The van der Waals surface area contributed by atoms with Crippen LogP contribution in [0.4, 0.5) is 5.69 Å². The largest absolute Gasteiger partial charge is 0.506 e. The maximum absolute atomic E-state index is 13.1. The van der Waals surface area contributed by atoms with E-state index in [2.05, 4.69) is 17.6 Å². The normalized spacial score (nSPS) is 17.2. The third-order valence-electron chi connectivity index (χ3n) is 5.22. The van der Waals surface area contributed by atoms with Crippen LogP contribution in [0.1, 0.15) is 37.7 Å². The second kappa shape index (κ2) is 6.91. The van der Waals surface area contributed by atoms with Crippen molar-refractivity contribution in [1.82, 2.24) is 4.57 Å². The molecule has 2 aromatic carbocycles. The SMILES string of the molecule is CCCCn1cc([C@H]2CC(=O)N(c3ccccc3O)C2=O)c2ccccc21. The highest BCUT2D eigenvalue weighted by atomic mass is 16.3. The lowest BCUT2D eigenvalue weighted by atomic mass is 9.97. The lowest BCUT2D eigenvalue weighted by molar-refractivity contribution is -0.121. The summed E-state index contributed by atoms with van der Waals surface area (Å²) < 4.78 is 2.18. The number of anilines is 1. The predicted molar refractivity (Wildman–Crippen MR) is 105 cm³/mol. The van der Waals surface area contributed by atoms with Crippen LogP contribution in [-0.2, 0) is 16.1 Å². The number of imide groups is 1. The highest BCUT2D eigenvalue weighted by Crippen LogP contribution is 2.39. The number of aryl methyl sites for hydroxylation is 1. The van der Waals surface area contributed by atoms with E-state index < -0.39 is 5.92 Å². The van der Waals surface area contributed by atoms with Crippen molar-refractivity contribution in [1.29, 1.82) is 0 Å². The van der Waals surface area contributed by atoms with Gasteiger partial charge in [-0.15, -0.1) is 0 Å². The molecule has 1 aliphatic rings. The minimum atomic E-state index is -0.523. The van der Waals surface area contributed by atoms with Gasteiger partial charge in [0.15, 0.2) is 0 Å². The minimum absolute atomic E-state index is 0.0646. The number of para-hydroxylation sites is 3. The van der Waals surface area contributed by atoms with Gasteiger partial charge in [0.1, 0.15) is 5.75 Å². The summed E-state index contributed by atoms with van der Waals surface area (Å²) in [7, 11) is 0. The van der Waals surface area contributed by atoms with Crippen molar-refractivity contribution >= 4 is 28.4 Å². The Morgan fingerprint density at radius 2 is 1.81 bits per heavy atom. The van der Waals surface area contributed by atoms with Crippen molar-refractivity contribution in [2.24, 2.45) is 0 Å². The van der Waals surface area contributed by atoms with Gasteiger partial charge in [-0.2, -0.15) is 0 Å². The van der Waals surface area contributed by atoms with Gasteiger partial charge >= 0.3 is 0 Å². The number of rotatable bonds is 5. The topological polar surface area (TPSA) is 62.5 Å². The van der Waals surface area contributed by atoms with Crippen LogP contribution in [0.15, 0.2) is 54.7 Å². The van der Waals surface area contributed by atoms with E-state index in [0.717, 1.165) is 40.8 Å². The molecule has 138 valence electrons. The van der Waals surface area contributed by atoms with E-state index in [1.807, 2.05) is 24.4 Å². The summed E-state index contributed by atoms with van der Waals surface area (Å²) >= 11 is 0. The summed E-state index contributed by atoms with van der Waals surface area (Å²) in [5.41, 5.74) is 2.23. The fraction of sp³-hybridized carbons (Fsp3) is 0.273. The number of hydrogen-bond acceptors (Lipinski definition) is 3. The second-order valence-electron chi connectivity index (χ2n) is 6.96. The molecule has 1 N–H and O–H groups in total. The molecule has 0 spiro atoms. The standard InChI is InChI=1S/C22H22N2O3/c1-2-3-12-23-14-17(15-8-4-5-9-18(15)23)16-13-21(26)24(22(16)27)19-10-6-7-11-20(19)25/h4-11,14,16,25H,2-3,12-13H2,1H3/t16-/m1/s1. The van der Waals surface area contributed by atoms with Gasteiger partial charge in [0.2, 0.25) is 11.8 Å². The van der Waals surface area contributed by atoms with Gasteiger partial charge in [-0.1, -0.05) is 43.7 Å². The van der Waals surface area contributed by atoms with Crippen LogP contribution in [-0.4, -0.2) is 21.5 Å². The van der Waals surface area contributed by atoms with Gasteiger partial charge in [-0.3, -0.25) is 9.59 Å². The second-order valence-corrected chi connectivity index (χ2v) is 6.96. The van der Waals surface area contributed by atoms with Crippen molar-refractivity contribution in [3.63, 3.8) is 0 Å². The number of nitrogens with zero attached hydrogens (tertiary/aromatic N) is 2. The van der Waals surface area contributed by atoms with Gasteiger partial charge in [0, 0.05) is 30.1 Å². The number of phenols is 1. The third-order valence-corrected chi connectivity index (χ3v) is 5.22. The Balaban J connectivity index is 1.75. The molecule has 1 aromatic heterocycles. The summed E-state index contributed by atoms with van der Waals surface area (Å²) in [5.74, 6) is -1.15. The maximum atomic E-state index is 13.1. The molecular formula is C22H22N2O3. The number of benzene rings is 2. The molecule has 0 saturated carbocycles. The van der Waals surface area contributed by atoms with Crippen LogP contribution in [0.5, 0.6) is 5.75 Å². The molecule has 0 radical (unpaired) electrons. The highest BCUT2D eigenvalue weighted by Gasteiger charge is 2.42. The van der Waals surface area contributed by atoms with Crippen LogP contribution in [0.2, 0.25) is 0 Å². The third kappa shape index (κ3) is 2.89. The number of amides is 2. The Bertz CT molecular complexity index is 1020. The Morgan fingerprint density at radius 3 is 2.59 bits per heavy atom. The molecule has 1 saturated heterocycles. The van der Waals surface area contributed by atoms with Gasteiger partial charge in [0.25, 0.3) is 0 Å². The Hall–Kier alpha value is -3.08. The molecule has 5 nitrogen and oxygen atoms in total. The number of fused-ring (bicyclic) bond motifs is 1. The number of aromatic nitrogens is 1. The zero-order chi connectivity index (χ0) is 19.0. The monoisotopic (exact) mass is 362 g/mol. The molecule has 0 bridgehead atoms. The summed E-state index contributed by atoms with van der Waals surface area (Å²) in [6.07, 6.45) is 4.28.